The van der Waals surface area contributed by atoms with Gasteiger partial charge in [0, 0.05) is 67.1 Å². The summed E-state index contributed by atoms with van der Waals surface area (Å²) in [5, 5.41) is 4.92. The number of likely N-dealkylation sites (tertiary alicyclic amines) is 2. The van der Waals surface area contributed by atoms with E-state index in [0.29, 0.717) is 23.4 Å². The fourth-order valence-corrected chi connectivity index (χ4v) is 8.97. The van der Waals surface area contributed by atoms with Gasteiger partial charge < -0.3 is 24.2 Å². The topological polar surface area (TPSA) is 80.1 Å². The van der Waals surface area contributed by atoms with Crippen molar-refractivity contribution in [2.75, 3.05) is 31.1 Å². The molecule has 0 unspecified atom stereocenters. The molecule has 9 heteroatoms. The second-order valence-corrected chi connectivity index (χ2v) is 17.0. The zero-order chi connectivity index (χ0) is 33.2. The molecule has 3 saturated carbocycles. The predicted octanol–water partition coefficient (Wildman–Crippen LogP) is 7.38. The van der Waals surface area contributed by atoms with Crippen LogP contribution in [0.1, 0.15) is 116 Å². The average Bonchev–Trinajstić information content (AvgIpc) is 3.77. The molecule has 9 nitrogen and oxygen atoms in total. The molecular formula is C39H55N5O4. The van der Waals surface area contributed by atoms with E-state index in [1.54, 1.807) is 0 Å². The van der Waals surface area contributed by atoms with Crippen LogP contribution in [0, 0.1) is 11.3 Å². The first-order valence-corrected chi connectivity index (χ1v) is 19.0. The summed E-state index contributed by atoms with van der Waals surface area (Å²) in [5.74, 6) is 1.49. The van der Waals surface area contributed by atoms with E-state index in [-0.39, 0.29) is 24.2 Å². The number of hydrogen-bond acceptors (Lipinski definition) is 6. The Kier molecular flexibility index (Phi) is 8.28. The summed E-state index contributed by atoms with van der Waals surface area (Å²) in [4.78, 5) is 32.6. The highest BCUT2D eigenvalue weighted by atomic mass is 16.6. The van der Waals surface area contributed by atoms with Gasteiger partial charge in [-0.25, -0.2) is 4.79 Å². The monoisotopic (exact) mass is 657 g/mol. The molecule has 6 aliphatic rings. The number of carbonyl (C=O) groups excluding carboxylic acids is 2. The number of nitrogens with zero attached hydrogens (tertiary/aromatic N) is 5. The van der Waals surface area contributed by atoms with E-state index in [9.17, 15) is 9.59 Å². The fraction of sp³-hybridized carbons (Fsp3) is 0.718. The van der Waals surface area contributed by atoms with E-state index in [1.807, 2.05) is 31.9 Å². The Morgan fingerprint density at radius 3 is 2.29 bits per heavy atom. The zero-order valence-corrected chi connectivity index (χ0v) is 29.6. The standard InChI is InChI=1S/C39H55N5O4/c1-26-8-11-33-34(44(26)36(45)27-9-10-27)13-12-32(35(33)47-31-6-5-7-31)28-24-40-43(25-28)29-14-18-41(19-15-29)30-22-39(23-30)16-20-42(21-17-39)37(46)48-38(2,3)4/h12-13,24-27,29-31H,5-11,14-23H2,1-4H3/t26-/m0/s1. The lowest BCUT2D eigenvalue weighted by Gasteiger charge is -2.56. The molecule has 1 aromatic heterocycles. The number of aromatic nitrogens is 2. The van der Waals surface area contributed by atoms with E-state index < -0.39 is 5.60 Å². The van der Waals surface area contributed by atoms with Gasteiger partial charge in [0.2, 0.25) is 5.91 Å². The number of anilines is 1. The molecule has 2 amide bonds. The molecule has 0 radical (unpaired) electrons. The Morgan fingerprint density at radius 2 is 1.65 bits per heavy atom. The van der Waals surface area contributed by atoms with E-state index >= 15 is 0 Å². The lowest BCUT2D eigenvalue weighted by Crippen LogP contribution is -2.57. The Balaban J connectivity index is 0.902. The molecule has 48 heavy (non-hydrogen) atoms. The van der Waals surface area contributed by atoms with Gasteiger partial charge in [0.25, 0.3) is 0 Å². The van der Waals surface area contributed by atoms with Crippen LogP contribution >= 0.6 is 0 Å². The molecule has 3 aliphatic carbocycles. The third kappa shape index (κ3) is 6.25. The molecule has 0 bridgehead atoms. The second-order valence-electron chi connectivity index (χ2n) is 17.0. The van der Waals surface area contributed by atoms with Crippen molar-refractivity contribution in [3.63, 3.8) is 0 Å². The van der Waals surface area contributed by atoms with Crippen LogP contribution in [0.5, 0.6) is 5.75 Å². The molecule has 1 spiro atoms. The summed E-state index contributed by atoms with van der Waals surface area (Å²) >= 11 is 0. The molecule has 1 atom stereocenters. The van der Waals surface area contributed by atoms with Crippen molar-refractivity contribution in [3.05, 3.63) is 30.1 Å². The molecule has 8 rings (SSSR count). The maximum Gasteiger partial charge on any atom is 0.410 e. The normalized spacial score (nSPS) is 25.4. The zero-order valence-electron chi connectivity index (χ0n) is 29.6. The van der Waals surface area contributed by atoms with E-state index in [4.69, 9.17) is 14.6 Å². The van der Waals surface area contributed by atoms with Crippen LogP contribution in [0.25, 0.3) is 11.1 Å². The first-order chi connectivity index (χ1) is 23.1. The van der Waals surface area contributed by atoms with E-state index in [1.165, 1.54) is 24.8 Å². The van der Waals surface area contributed by atoms with Crippen LogP contribution < -0.4 is 9.64 Å². The minimum atomic E-state index is -0.440. The maximum atomic E-state index is 13.4. The number of benzene rings is 1. The first kappa shape index (κ1) is 32.2. The average molecular weight is 658 g/mol. The van der Waals surface area contributed by atoms with Gasteiger partial charge in [0.15, 0.2) is 0 Å². The summed E-state index contributed by atoms with van der Waals surface area (Å²) in [7, 11) is 0. The number of piperidine rings is 2. The highest BCUT2D eigenvalue weighted by Gasteiger charge is 2.49. The van der Waals surface area contributed by atoms with Crippen molar-refractivity contribution in [2.24, 2.45) is 11.3 Å². The van der Waals surface area contributed by atoms with Crippen LogP contribution in [0.15, 0.2) is 24.5 Å². The Morgan fingerprint density at radius 1 is 0.917 bits per heavy atom. The minimum absolute atomic E-state index is 0.160. The molecule has 0 N–H and O–H groups in total. The lowest BCUT2D eigenvalue weighted by atomic mass is 9.60. The van der Waals surface area contributed by atoms with Gasteiger partial charge in [-0.3, -0.25) is 9.48 Å². The van der Waals surface area contributed by atoms with Gasteiger partial charge in [-0.1, -0.05) is 0 Å². The van der Waals surface area contributed by atoms with Gasteiger partial charge in [0.1, 0.15) is 11.4 Å². The number of amides is 2. The summed E-state index contributed by atoms with van der Waals surface area (Å²) in [6.45, 7) is 11.9. The third-order valence-electron chi connectivity index (χ3n) is 12.4. The molecule has 2 saturated heterocycles. The Labute approximate surface area is 286 Å². The third-order valence-corrected chi connectivity index (χ3v) is 12.4. The molecule has 5 fully saturated rings. The predicted molar refractivity (Wildman–Crippen MR) is 186 cm³/mol. The number of carbonyl (C=O) groups is 2. The molecule has 260 valence electrons. The van der Waals surface area contributed by atoms with Crippen molar-refractivity contribution in [1.29, 1.82) is 0 Å². The van der Waals surface area contributed by atoms with Gasteiger partial charge in [-0.15, -0.1) is 0 Å². The summed E-state index contributed by atoms with van der Waals surface area (Å²) in [6, 6.07) is 5.66. The van der Waals surface area contributed by atoms with Crippen molar-refractivity contribution in [3.8, 4) is 16.9 Å². The van der Waals surface area contributed by atoms with Crippen LogP contribution in [-0.2, 0) is 16.0 Å². The SMILES string of the molecule is C[C@H]1CCc2c(ccc(-c3cnn(C4CCN(C5CC6(CCN(C(=O)OC(C)(C)C)CC6)C5)CC4)c3)c2OC2CCC2)N1C(=O)C1CC1. The molecule has 1 aromatic carbocycles. The summed E-state index contributed by atoms with van der Waals surface area (Å²) in [5.41, 5.74) is 4.48. The van der Waals surface area contributed by atoms with Crippen molar-refractivity contribution >= 4 is 17.7 Å². The molecule has 4 heterocycles. The summed E-state index contributed by atoms with van der Waals surface area (Å²) < 4.78 is 14.6. The first-order valence-electron chi connectivity index (χ1n) is 19.0. The van der Waals surface area contributed by atoms with E-state index in [2.05, 4.69) is 39.7 Å². The molecule has 2 aromatic rings. The van der Waals surface area contributed by atoms with E-state index in [0.717, 1.165) is 113 Å². The molecular weight excluding hydrogens is 602 g/mol. The van der Waals surface area contributed by atoms with Gasteiger partial charge in [0.05, 0.1) is 24.0 Å². The van der Waals surface area contributed by atoms with Gasteiger partial charge in [-0.05, 0) is 129 Å². The van der Waals surface area contributed by atoms with Crippen molar-refractivity contribution < 1.29 is 19.1 Å². The highest BCUT2D eigenvalue weighted by Crippen LogP contribution is 2.52. The van der Waals surface area contributed by atoms with Crippen molar-refractivity contribution in [1.82, 2.24) is 19.6 Å². The van der Waals surface area contributed by atoms with Gasteiger partial charge in [-0.2, -0.15) is 5.10 Å². The summed E-state index contributed by atoms with van der Waals surface area (Å²) in [6.07, 6.45) is 18.7. The van der Waals surface area contributed by atoms with Crippen LogP contribution in [-0.4, -0.2) is 81.5 Å². The fourth-order valence-electron chi connectivity index (χ4n) is 8.97. The largest absolute Gasteiger partial charge is 0.489 e. The molecule has 3 aliphatic heterocycles. The number of ether oxygens (including phenoxy) is 2. The van der Waals surface area contributed by atoms with Crippen LogP contribution in [0.4, 0.5) is 10.5 Å². The number of fused-ring (bicyclic) bond motifs is 1. The number of rotatable bonds is 6. The van der Waals surface area contributed by atoms with Crippen LogP contribution in [0.2, 0.25) is 0 Å². The Bertz CT molecular complexity index is 1510. The van der Waals surface area contributed by atoms with Crippen molar-refractivity contribution in [2.45, 2.75) is 141 Å². The van der Waals surface area contributed by atoms with Gasteiger partial charge >= 0.3 is 6.09 Å². The maximum absolute atomic E-state index is 13.4. The Hall–Kier alpha value is -3.07. The lowest BCUT2D eigenvalue weighted by molar-refractivity contribution is -0.120. The minimum Gasteiger partial charge on any atom is -0.489 e. The quantitative estimate of drug-likeness (QED) is 0.323. The van der Waals surface area contributed by atoms with Crippen LogP contribution in [0.3, 0.4) is 0 Å². The smallest absolute Gasteiger partial charge is 0.410 e. The second kappa shape index (κ2) is 12.4. The highest BCUT2D eigenvalue weighted by molar-refractivity contribution is 5.99. The number of hydrogen-bond donors (Lipinski definition) is 0.